The number of nitrogens with zero attached hydrogens (tertiary/aromatic N) is 2. The van der Waals surface area contributed by atoms with Crippen LogP contribution in [0.5, 0.6) is 11.5 Å². The Morgan fingerprint density at radius 1 is 1.19 bits per heavy atom. The van der Waals surface area contributed by atoms with Crippen molar-refractivity contribution in [2.24, 2.45) is 5.92 Å². The second-order valence-electron chi connectivity index (χ2n) is 8.31. The molecule has 2 unspecified atom stereocenters. The lowest BCUT2D eigenvalue weighted by Crippen LogP contribution is -2.51. The van der Waals surface area contributed by atoms with Gasteiger partial charge in [0.15, 0.2) is 11.5 Å². The average molecular weight is 445 g/mol. The lowest BCUT2D eigenvalue weighted by molar-refractivity contribution is -0.124. The van der Waals surface area contributed by atoms with E-state index < -0.39 is 17.4 Å². The summed E-state index contributed by atoms with van der Waals surface area (Å²) in [7, 11) is 3.84. The lowest BCUT2D eigenvalue weighted by atomic mass is 9.97. The fourth-order valence-corrected chi connectivity index (χ4v) is 3.64. The maximum atomic E-state index is 13.2. The minimum Gasteiger partial charge on any atom is -0.454 e. The van der Waals surface area contributed by atoms with Gasteiger partial charge in [-0.25, -0.2) is 0 Å². The summed E-state index contributed by atoms with van der Waals surface area (Å²) in [5, 5.41) is 6.04. The Labute approximate surface area is 187 Å². The van der Waals surface area contributed by atoms with Gasteiger partial charge in [0.05, 0.1) is 10.9 Å². The molecule has 0 spiro atoms. The van der Waals surface area contributed by atoms with Crippen molar-refractivity contribution < 1.29 is 19.1 Å². The highest BCUT2D eigenvalue weighted by atomic mass is 16.7. The summed E-state index contributed by atoms with van der Waals surface area (Å²) < 4.78 is 12.7. The Morgan fingerprint density at radius 2 is 1.88 bits per heavy atom. The van der Waals surface area contributed by atoms with Crippen molar-refractivity contribution in [3.8, 4) is 11.5 Å². The van der Waals surface area contributed by atoms with Gasteiger partial charge in [0.25, 0.3) is 5.91 Å². The van der Waals surface area contributed by atoms with Crippen molar-refractivity contribution in [3.63, 3.8) is 0 Å². The lowest BCUT2D eigenvalue weighted by Gasteiger charge is -2.24. The number of carbonyl (C=O) groups is 2. The molecule has 174 valence electrons. The predicted molar refractivity (Wildman–Crippen MR) is 122 cm³/mol. The van der Waals surface area contributed by atoms with E-state index in [1.165, 1.54) is 0 Å². The Balaban J connectivity index is 1.91. The molecule has 1 aromatic carbocycles. The highest BCUT2D eigenvalue weighted by Gasteiger charge is 2.28. The third-order valence-corrected chi connectivity index (χ3v) is 5.80. The van der Waals surface area contributed by atoms with E-state index in [4.69, 9.17) is 9.47 Å². The number of nitrogens with one attached hydrogen (secondary N) is 2. The van der Waals surface area contributed by atoms with Gasteiger partial charge in [0.2, 0.25) is 18.1 Å². The highest BCUT2D eigenvalue weighted by Crippen LogP contribution is 2.35. The summed E-state index contributed by atoms with van der Waals surface area (Å²) in [6, 6.07) is 2.63. The molecule has 2 atom stereocenters. The summed E-state index contributed by atoms with van der Waals surface area (Å²) in [5.74, 6) is 0.135. The van der Waals surface area contributed by atoms with E-state index in [-0.39, 0.29) is 24.2 Å². The molecule has 0 aliphatic carbocycles. The molecule has 32 heavy (non-hydrogen) atoms. The van der Waals surface area contributed by atoms with E-state index in [0.717, 1.165) is 0 Å². The van der Waals surface area contributed by atoms with Crippen LogP contribution in [-0.4, -0.2) is 61.3 Å². The number of fused-ring (bicyclic) bond motifs is 2. The van der Waals surface area contributed by atoms with Crippen LogP contribution in [0.15, 0.2) is 23.1 Å². The van der Waals surface area contributed by atoms with Gasteiger partial charge in [-0.3, -0.25) is 14.4 Å². The van der Waals surface area contributed by atoms with Gasteiger partial charge in [0, 0.05) is 31.9 Å². The van der Waals surface area contributed by atoms with Crippen LogP contribution in [0.4, 0.5) is 0 Å². The number of rotatable bonds is 9. The van der Waals surface area contributed by atoms with Gasteiger partial charge < -0.3 is 29.6 Å². The summed E-state index contributed by atoms with van der Waals surface area (Å²) in [6.07, 6.45) is 2.24. The highest BCUT2D eigenvalue weighted by molar-refractivity contribution is 6.00. The van der Waals surface area contributed by atoms with E-state index in [0.29, 0.717) is 48.5 Å². The Morgan fingerprint density at radius 3 is 2.50 bits per heavy atom. The first-order chi connectivity index (χ1) is 15.3. The van der Waals surface area contributed by atoms with Gasteiger partial charge in [-0.05, 0) is 33.0 Å². The topological polar surface area (TPSA) is 102 Å². The molecule has 1 aliphatic rings. The number of likely N-dealkylation sites (N-methyl/N-ethyl adjacent to an activating group) is 1. The Bertz CT molecular complexity index is 1060. The molecule has 1 aromatic heterocycles. The Kier molecular flexibility index (Phi) is 7.40. The number of ether oxygens (including phenoxy) is 2. The summed E-state index contributed by atoms with van der Waals surface area (Å²) in [5.41, 5.74) is 0.252. The number of carbonyl (C=O) groups excluding carboxylic acids is 2. The van der Waals surface area contributed by atoms with Gasteiger partial charge in [-0.1, -0.05) is 20.3 Å². The van der Waals surface area contributed by atoms with Crippen molar-refractivity contribution in [3.05, 3.63) is 34.1 Å². The average Bonchev–Trinajstić information content (AvgIpc) is 3.23. The monoisotopic (exact) mass is 444 g/mol. The molecule has 2 N–H and O–H groups in total. The van der Waals surface area contributed by atoms with Crippen molar-refractivity contribution in [2.75, 3.05) is 34.0 Å². The van der Waals surface area contributed by atoms with Crippen LogP contribution >= 0.6 is 0 Å². The number of hydrogen-bond acceptors (Lipinski definition) is 6. The van der Waals surface area contributed by atoms with E-state index in [1.807, 2.05) is 44.3 Å². The molecular weight excluding hydrogens is 412 g/mol. The van der Waals surface area contributed by atoms with Crippen LogP contribution in [0.3, 0.4) is 0 Å². The van der Waals surface area contributed by atoms with Gasteiger partial charge in [0.1, 0.15) is 11.6 Å². The standard InChI is InChI=1S/C23H32N4O5/c1-6-14(3)20(23(30)24-8-9-26(4)5)25-22(29)16-12-27(7-2)17-11-19-18(31-13-32-19)10-15(17)21(16)28/h10-12,14,20H,6-9,13H2,1-5H3,(H,24,30)(H,25,29). The normalized spacial score (nSPS) is 14.4. The quantitative estimate of drug-likeness (QED) is 0.609. The number of aryl methyl sites for hydroxylation is 1. The van der Waals surface area contributed by atoms with Gasteiger partial charge >= 0.3 is 0 Å². The van der Waals surface area contributed by atoms with Crippen LogP contribution in [0, 0.1) is 5.92 Å². The number of benzene rings is 1. The minimum absolute atomic E-state index is 0.00684. The number of aromatic nitrogens is 1. The zero-order valence-corrected chi connectivity index (χ0v) is 19.4. The van der Waals surface area contributed by atoms with Gasteiger partial charge in [-0.2, -0.15) is 0 Å². The maximum Gasteiger partial charge on any atom is 0.257 e. The zero-order valence-electron chi connectivity index (χ0n) is 19.4. The molecule has 0 bridgehead atoms. The number of amides is 2. The second kappa shape index (κ2) is 10.0. The second-order valence-corrected chi connectivity index (χ2v) is 8.31. The molecule has 0 radical (unpaired) electrons. The maximum absolute atomic E-state index is 13.2. The summed E-state index contributed by atoms with van der Waals surface area (Å²) in [4.78, 5) is 41.1. The largest absolute Gasteiger partial charge is 0.454 e. The number of pyridine rings is 1. The molecule has 2 amide bonds. The Hall–Kier alpha value is -3.07. The minimum atomic E-state index is -0.739. The molecular formula is C23H32N4O5. The molecule has 9 nitrogen and oxygen atoms in total. The van der Waals surface area contributed by atoms with Crippen molar-refractivity contribution in [1.82, 2.24) is 20.1 Å². The smallest absolute Gasteiger partial charge is 0.257 e. The van der Waals surface area contributed by atoms with E-state index in [2.05, 4.69) is 10.6 Å². The molecule has 3 rings (SSSR count). The van der Waals surface area contributed by atoms with Crippen LogP contribution in [-0.2, 0) is 11.3 Å². The van der Waals surface area contributed by atoms with Crippen molar-refractivity contribution in [2.45, 2.75) is 39.8 Å². The predicted octanol–water partition coefficient (Wildman–Crippen LogP) is 1.57. The van der Waals surface area contributed by atoms with Crippen molar-refractivity contribution >= 4 is 22.7 Å². The molecule has 1 aliphatic heterocycles. The molecule has 2 aromatic rings. The van der Waals surface area contributed by atoms with E-state index in [1.54, 1.807) is 18.3 Å². The molecule has 0 saturated carbocycles. The first-order valence-electron chi connectivity index (χ1n) is 11.0. The molecule has 0 fully saturated rings. The van der Waals surface area contributed by atoms with Crippen LogP contribution in [0.25, 0.3) is 10.9 Å². The third-order valence-electron chi connectivity index (χ3n) is 5.80. The first kappa shape index (κ1) is 23.6. The van der Waals surface area contributed by atoms with Gasteiger partial charge in [-0.15, -0.1) is 0 Å². The molecule has 9 heteroatoms. The van der Waals surface area contributed by atoms with Crippen LogP contribution in [0.2, 0.25) is 0 Å². The van der Waals surface area contributed by atoms with E-state index >= 15 is 0 Å². The summed E-state index contributed by atoms with van der Waals surface area (Å²) in [6.45, 7) is 7.60. The fourth-order valence-electron chi connectivity index (χ4n) is 3.64. The SMILES string of the molecule is CCC(C)C(NC(=O)c1cn(CC)c2cc3c(cc2c1=O)OCO3)C(=O)NCCN(C)C. The first-order valence-corrected chi connectivity index (χ1v) is 11.0. The fraction of sp³-hybridized carbons (Fsp3) is 0.522. The van der Waals surface area contributed by atoms with E-state index in [9.17, 15) is 14.4 Å². The molecule has 2 heterocycles. The number of hydrogen-bond donors (Lipinski definition) is 2. The van der Waals surface area contributed by atoms with Crippen LogP contribution < -0.4 is 25.5 Å². The summed E-state index contributed by atoms with van der Waals surface area (Å²) >= 11 is 0. The molecule has 0 saturated heterocycles. The van der Waals surface area contributed by atoms with Crippen molar-refractivity contribution in [1.29, 1.82) is 0 Å². The zero-order chi connectivity index (χ0) is 23.4. The van der Waals surface area contributed by atoms with Crippen LogP contribution in [0.1, 0.15) is 37.6 Å². The third kappa shape index (κ3) is 4.88.